The van der Waals surface area contributed by atoms with Crippen LogP contribution in [0.4, 0.5) is 14.6 Å². The van der Waals surface area contributed by atoms with E-state index in [4.69, 9.17) is 5.73 Å². The second kappa shape index (κ2) is 9.14. The summed E-state index contributed by atoms with van der Waals surface area (Å²) < 4.78 is 29.2. The highest BCUT2D eigenvalue weighted by Gasteiger charge is 2.35. The Morgan fingerprint density at radius 3 is 2.46 bits per heavy atom. The number of alkyl halides is 2. The lowest BCUT2D eigenvalue weighted by Crippen LogP contribution is -2.42. The molecule has 0 aromatic carbocycles. The number of halogens is 3. The van der Waals surface area contributed by atoms with E-state index in [1.165, 1.54) is 21.6 Å². The van der Waals surface area contributed by atoms with Gasteiger partial charge in [0.05, 0.1) is 5.56 Å². The lowest BCUT2D eigenvalue weighted by molar-refractivity contribution is -0.132. The van der Waals surface area contributed by atoms with Gasteiger partial charge in [-0.05, 0) is 37.7 Å². The number of nitrogens with two attached hydrogens (primary N) is 1. The number of fused-ring (bicyclic) bond motifs is 1. The number of likely N-dealkylation sites (tertiary alicyclic amines) is 1. The van der Waals surface area contributed by atoms with Crippen LogP contribution in [0.1, 0.15) is 54.4 Å². The van der Waals surface area contributed by atoms with Gasteiger partial charge >= 0.3 is 0 Å². The molecule has 190 valence electrons. The highest BCUT2D eigenvalue weighted by molar-refractivity contribution is 5.97. The van der Waals surface area contributed by atoms with Gasteiger partial charge in [-0.2, -0.15) is 4.52 Å². The van der Waals surface area contributed by atoms with E-state index in [9.17, 15) is 28.3 Å². The molecule has 3 heterocycles. The third-order valence-electron chi connectivity index (χ3n) is 6.54. The molecule has 1 saturated heterocycles. The molecule has 35 heavy (non-hydrogen) atoms. The molecule has 0 spiro atoms. The molecule has 3 fully saturated rings. The van der Waals surface area contributed by atoms with Gasteiger partial charge in [0.1, 0.15) is 0 Å². The third kappa shape index (κ3) is 4.97. The first-order valence-corrected chi connectivity index (χ1v) is 11.4. The van der Waals surface area contributed by atoms with Gasteiger partial charge < -0.3 is 21.1 Å². The Morgan fingerprint density at radius 1 is 1.20 bits per heavy atom. The first-order valence-electron chi connectivity index (χ1n) is 11.4. The van der Waals surface area contributed by atoms with E-state index in [0.29, 0.717) is 6.54 Å². The number of anilines is 1. The molecule has 1 aliphatic heterocycles. The Kier molecular flexibility index (Phi) is 6.52. The average Bonchev–Trinajstić information content (AvgIpc) is 3.70. The molecule has 2 amide bonds. The third-order valence-corrected chi connectivity index (χ3v) is 6.54. The Balaban J connectivity index is 0.00000289. The maximum absolute atomic E-state index is 13.4. The van der Waals surface area contributed by atoms with Crippen LogP contribution in [0.15, 0.2) is 10.9 Å². The van der Waals surface area contributed by atoms with Crippen LogP contribution in [0.3, 0.4) is 0 Å². The van der Waals surface area contributed by atoms with Crippen LogP contribution in [0, 0.1) is 5.92 Å². The molecular weight excluding hydrogens is 486 g/mol. The molecule has 2 saturated carbocycles. The number of rotatable bonds is 6. The fourth-order valence-electron chi connectivity index (χ4n) is 4.16. The highest BCUT2D eigenvalue weighted by Crippen LogP contribution is 2.33. The van der Waals surface area contributed by atoms with E-state index in [1.807, 2.05) is 0 Å². The van der Waals surface area contributed by atoms with Crippen LogP contribution >= 0.6 is 12.4 Å². The number of hydrogen-bond donors (Lipinski definition) is 3. The van der Waals surface area contributed by atoms with Crippen molar-refractivity contribution in [1.29, 1.82) is 0 Å². The topological polar surface area (TPSA) is 135 Å². The monoisotopic (exact) mass is 512 g/mol. The second-order valence-electron chi connectivity index (χ2n) is 9.35. The predicted octanol–water partition coefficient (Wildman–Crippen LogP) is 1.78. The Morgan fingerprint density at radius 2 is 1.86 bits per heavy atom. The lowest BCUT2D eigenvalue weighted by atomic mass is 10.1. The molecular formula is C22H27ClF2N6O4. The van der Waals surface area contributed by atoms with E-state index >= 15 is 0 Å². The number of carbonyl (C=O) groups is 2. The van der Waals surface area contributed by atoms with Gasteiger partial charge in [0.25, 0.3) is 17.4 Å². The zero-order chi connectivity index (χ0) is 24.2. The van der Waals surface area contributed by atoms with Crippen molar-refractivity contribution in [2.24, 2.45) is 5.92 Å². The van der Waals surface area contributed by atoms with Crippen molar-refractivity contribution >= 4 is 41.8 Å². The quantitative estimate of drug-likeness (QED) is 0.505. The minimum absolute atomic E-state index is 0. The SMILES string of the molecule is Cl.Nc1nn2c(O)c(C(=O)NC3CC3)c(=O)n(CC3CC3)c2c1/C=C/C(=O)N1CCC(F)(F)CC1. The number of amides is 2. The van der Waals surface area contributed by atoms with Gasteiger partial charge in [-0.15, -0.1) is 17.5 Å². The number of hydrogen-bond acceptors (Lipinski definition) is 6. The van der Waals surface area contributed by atoms with Gasteiger partial charge in [-0.3, -0.25) is 19.0 Å². The summed E-state index contributed by atoms with van der Waals surface area (Å²) >= 11 is 0. The number of aromatic nitrogens is 3. The highest BCUT2D eigenvalue weighted by atomic mass is 35.5. The zero-order valence-electron chi connectivity index (χ0n) is 18.9. The van der Waals surface area contributed by atoms with Crippen LogP contribution in [0.25, 0.3) is 11.7 Å². The van der Waals surface area contributed by atoms with Gasteiger partial charge in [0, 0.05) is 44.6 Å². The molecule has 13 heteroatoms. The first kappa shape index (κ1) is 25.0. The van der Waals surface area contributed by atoms with Crippen molar-refractivity contribution in [1.82, 2.24) is 24.4 Å². The van der Waals surface area contributed by atoms with Gasteiger partial charge in [-0.25, -0.2) is 8.78 Å². The molecule has 0 radical (unpaired) electrons. The van der Waals surface area contributed by atoms with Crippen LogP contribution in [-0.4, -0.2) is 61.1 Å². The van der Waals surface area contributed by atoms with E-state index in [-0.39, 0.29) is 54.5 Å². The second-order valence-corrected chi connectivity index (χ2v) is 9.35. The summed E-state index contributed by atoms with van der Waals surface area (Å²) in [6.45, 7) is 0.188. The molecule has 5 rings (SSSR count). The normalized spacial score (nSPS) is 19.7. The predicted molar refractivity (Wildman–Crippen MR) is 126 cm³/mol. The number of carbonyl (C=O) groups excluding carboxylic acids is 2. The summed E-state index contributed by atoms with van der Waals surface area (Å²) in [5.74, 6) is -4.33. The minimum Gasteiger partial charge on any atom is -0.492 e. The van der Waals surface area contributed by atoms with Crippen molar-refractivity contribution in [2.75, 3.05) is 18.8 Å². The molecule has 0 atom stereocenters. The van der Waals surface area contributed by atoms with Crippen molar-refractivity contribution in [3.8, 4) is 5.88 Å². The summed E-state index contributed by atoms with van der Waals surface area (Å²) in [7, 11) is 0. The van der Waals surface area contributed by atoms with Gasteiger partial charge in [0.15, 0.2) is 17.0 Å². The van der Waals surface area contributed by atoms with Crippen LogP contribution in [0.2, 0.25) is 0 Å². The fourth-order valence-corrected chi connectivity index (χ4v) is 4.16. The number of piperidine rings is 1. The summed E-state index contributed by atoms with van der Waals surface area (Å²) in [5, 5.41) is 17.6. The van der Waals surface area contributed by atoms with Crippen LogP contribution in [0.5, 0.6) is 5.88 Å². The summed E-state index contributed by atoms with van der Waals surface area (Å²) in [6.07, 6.45) is 5.27. The summed E-state index contributed by atoms with van der Waals surface area (Å²) in [5.41, 5.74) is 5.42. The molecule has 10 nitrogen and oxygen atoms in total. The number of aromatic hydroxyl groups is 1. The van der Waals surface area contributed by atoms with Crippen molar-refractivity contribution in [2.45, 2.75) is 57.0 Å². The summed E-state index contributed by atoms with van der Waals surface area (Å²) in [6, 6.07) is -0.0131. The lowest BCUT2D eigenvalue weighted by Gasteiger charge is -2.30. The van der Waals surface area contributed by atoms with Gasteiger partial charge in [-0.1, -0.05) is 0 Å². The molecule has 2 aliphatic carbocycles. The zero-order valence-corrected chi connectivity index (χ0v) is 19.7. The van der Waals surface area contributed by atoms with E-state index < -0.39 is 47.6 Å². The minimum atomic E-state index is -2.77. The van der Waals surface area contributed by atoms with E-state index in [2.05, 4.69) is 10.4 Å². The van der Waals surface area contributed by atoms with Gasteiger partial charge in [0.2, 0.25) is 11.8 Å². The Hall–Kier alpha value is -3.15. The maximum Gasteiger partial charge on any atom is 0.270 e. The number of nitrogen functional groups attached to an aromatic ring is 1. The van der Waals surface area contributed by atoms with E-state index in [0.717, 1.165) is 30.2 Å². The average molecular weight is 513 g/mol. The molecule has 4 N–H and O–H groups in total. The number of nitrogens with one attached hydrogen (secondary N) is 1. The molecule has 3 aliphatic rings. The Bertz CT molecular complexity index is 1260. The van der Waals surface area contributed by atoms with E-state index in [1.54, 1.807) is 0 Å². The van der Waals surface area contributed by atoms with Crippen molar-refractivity contribution in [3.05, 3.63) is 27.6 Å². The molecule has 2 aromatic rings. The first-order chi connectivity index (χ1) is 16.1. The molecule has 0 unspecified atom stereocenters. The smallest absolute Gasteiger partial charge is 0.270 e. The van der Waals surface area contributed by atoms with Crippen LogP contribution in [-0.2, 0) is 11.3 Å². The van der Waals surface area contributed by atoms with Crippen molar-refractivity contribution in [3.63, 3.8) is 0 Å². The van der Waals surface area contributed by atoms with Crippen LogP contribution < -0.4 is 16.6 Å². The fraction of sp³-hybridized carbons (Fsp3) is 0.545. The van der Waals surface area contributed by atoms with Crippen molar-refractivity contribution < 1.29 is 23.5 Å². The standard InChI is InChI=1S/C22H26F2N6O4.ClH/c23-22(24)7-9-28(10-8-22)15(31)6-5-14-17(25)27-30-19(14)29(11-12-1-2-12)20(33)16(21(30)34)18(32)26-13-3-4-13;/h5-6,12-13,34H,1-4,7-11H2,(H2,25,27)(H,26,32);1H/b6-5+;. The molecule has 0 bridgehead atoms. The summed E-state index contributed by atoms with van der Waals surface area (Å²) in [4.78, 5) is 39.9. The largest absolute Gasteiger partial charge is 0.492 e. The Labute approximate surface area is 205 Å². The molecule has 2 aromatic heterocycles. The maximum atomic E-state index is 13.4. The number of nitrogens with zero attached hydrogens (tertiary/aromatic N) is 4.